The molecule has 0 fully saturated rings. The third kappa shape index (κ3) is 6.20. The molecule has 0 bridgehead atoms. The van der Waals surface area contributed by atoms with Crippen LogP contribution in [0.3, 0.4) is 0 Å². The van der Waals surface area contributed by atoms with Gasteiger partial charge in [-0.25, -0.2) is 8.42 Å². The SMILES string of the molecule is C[C@@H](O)CS(=O)(=O)Cl. The predicted octanol–water partition coefficient (Wildman–Crippen LogP) is -0.0642. The maximum Gasteiger partial charge on any atom is 0.235 e. The van der Waals surface area contributed by atoms with Crippen LogP contribution in [0.5, 0.6) is 0 Å². The molecule has 8 heavy (non-hydrogen) atoms. The molecule has 0 spiro atoms. The van der Waals surface area contributed by atoms with Crippen molar-refractivity contribution < 1.29 is 13.5 Å². The van der Waals surface area contributed by atoms with E-state index in [-0.39, 0.29) is 5.75 Å². The van der Waals surface area contributed by atoms with Gasteiger partial charge < -0.3 is 5.11 Å². The summed E-state index contributed by atoms with van der Waals surface area (Å²) < 4.78 is 20.1. The molecule has 0 radical (unpaired) electrons. The summed E-state index contributed by atoms with van der Waals surface area (Å²) in [4.78, 5) is 0. The molecule has 1 atom stereocenters. The van der Waals surface area contributed by atoms with Crippen molar-refractivity contribution in [3.63, 3.8) is 0 Å². The first-order chi connectivity index (χ1) is 3.42. The zero-order valence-electron chi connectivity index (χ0n) is 4.33. The third-order valence-electron chi connectivity index (χ3n) is 0.440. The van der Waals surface area contributed by atoms with Crippen LogP contribution in [-0.2, 0) is 9.05 Å². The highest BCUT2D eigenvalue weighted by atomic mass is 35.7. The quantitative estimate of drug-likeness (QED) is 0.573. The summed E-state index contributed by atoms with van der Waals surface area (Å²) in [7, 11) is 1.24. The minimum atomic E-state index is -3.50. The first kappa shape index (κ1) is 8.20. The maximum absolute atomic E-state index is 10.0. The van der Waals surface area contributed by atoms with E-state index >= 15 is 0 Å². The van der Waals surface area contributed by atoms with E-state index in [2.05, 4.69) is 0 Å². The Balaban J connectivity index is 3.75. The Morgan fingerprint density at radius 1 is 1.75 bits per heavy atom. The van der Waals surface area contributed by atoms with Gasteiger partial charge in [-0.3, -0.25) is 0 Å². The van der Waals surface area contributed by atoms with Crippen molar-refractivity contribution in [1.29, 1.82) is 0 Å². The molecule has 0 saturated carbocycles. The monoisotopic (exact) mass is 158 g/mol. The van der Waals surface area contributed by atoms with Gasteiger partial charge in [0, 0.05) is 10.7 Å². The van der Waals surface area contributed by atoms with Crippen molar-refractivity contribution in [2.75, 3.05) is 5.75 Å². The highest BCUT2D eigenvalue weighted by Gasteiger charge is 2.08. The highest BCUT2D eigenvalue weighted by Crippen LogP contribution is 1.97. The number of hydrogen-bond acceptors (Lipinski definition) is 3. The van der Waals surface area contributed by atoms with Crippen molar-refractivity contribution in [3.8, 4) is 0 Å². The van der Waals surface area contributed by atoms with Crippen LogP contribution in [0.25, 0.3) is 0 Å². The summed E-state index contributed by atoms with van der Waals surface area (Å²) in [6.45, 7) is 1.36. The first-order valence-corrected chi connectivity index (χ1v) is 4.50. The van der Waals surface area contributed by atoms with E-state index in [1.165, 1.54) is 6.92 Å². The third-order valence-corrected chi connectivity index (χ3v) is 1.70. The number of halogens is 1. The summed E-state index contributed by atoms with van der Waals surface area (Å²) >= 11 is 0. The second kappa shape index (κ2) is 2.66. The highest BCUT2D eigenvalue weighted by molar-refractivity contribution is 8.13. The summed E-state index contributed by atoms with van der Waals surface area (Å²) in [5.41, 5.74) is 0. The van der Waals surface area contributed by atoms with Gasteiger partial charge in [-0.05, 0) is 6.92 Å². The van der Waals surface area contributed by atoms with Gasteiger partial charge in [0.2, 0.25) is 9.05 Å². The van der Waals surface area contributed by atoms with Gasteiger partial charge in [0.15, 0.2) is 0 Å². The van der Waals surface area contributed by atoms with E-state index in [0.29, 0.717) is 0 Å². The van der Waals surface area contributed by atoms with Gasteiger partial charge >= 0.3 is 0 Å². The number of hydrogen-bond donors (Lipinski definition) is 1. The smallest absolute Gasteiger partial charge is 0.235 e. The van der Waals surface area contributed by atoms with Crippen molar-refractivity contribution in [2.45, 2.75) is 13.0 Å². The second-order valence-electron chi connectivity index (χ2n) is 1.55. The molecule has 0 rings (SSSR count). The molecular weight excluding hydrogens is 152 g/mol. The molecule has 50 valence electrons. The normalized spacial score (nSPS) is 15.9. The Labute approximate surface area is 52.7 Å². The van der Waals surface area contributed by atoms with Crippen LogP contribution in [0, 0.1) is 0 Å². The Bertz CT molecular complexity index is 148. The Morgan fingerprint density at radius 2 is 2.12 bits per heavy atom. The van der Waals surface area contributed by atoms with Gasteiger partial charge in [-0.1, -0.05) is 0 Å². The molecule has 0 aliphatic rings. The molecule has 3 nitrogen and oxygen atoms in total. The molecule has 5 heteroatoms. The Morgan fingerprint density at radius 3 is 2.12 bits per heavy atom. The molecule has 0 aliphatic heterocycles. The predicted molar refractivity (Wildman–Crippen MR) is 31.3 cm³/mol. The van der Waals surface area contributed by atoms with E-state index in [9.17, 15) is 8.42 Å². The second-order valence-corrected chi connectivity index (χ2v) is 4.38. The molecule has 0 amide bonds. The molecular formula is C3H7ClO3S. The van der Waals surface area contributed by atoms with Gasteiger partial charge in [0.05, 0.1) is 11.9 Å². The van der Waals surface area contributed by atoms with Crippen LogP contribution in [0.15, 0.2) is 0 Å². The first-order valence-electron chi connectivity index (χ1n) is 2.02. The average Bonchev–Trinajstić information content (AvgIpc) is 1.21. The van der Waals surface area contributed by atoms with Crippen LogP contribution >= 0.6 is 10.7 Å². The lowest BCUT2D eigenvalue weighted by molar-refractivity contribution is 0.218. The summed E-state index contributed by atoms with van der Waals surface area (Å²) in [5, 5.41) is 8.42. The summed E-state index contributed by atoms with van der Waals surface area (Å²) in [6.07, 6.45) is -0.877. The van der Waals surface area contributed by atoms with Crippen LogP contribution in [0.1, 0.15) is 6.92 Å². The van der Waals surface area contributed by atoms with Crippen LogP contribution in [0.2, 0.25) is 0 Å². The van der Waals surface area contributed by atoms with Gasteiger partial charge in [0.1, 0.15) is 0 Å². The largest absolute Gasteiger partial charge is 0.392 e. The summed E-state index contributed by atoms with van der Waals surface area (Å²) in [5.74, 6) is -0.380. The minimum Gasteiger partial charge on any atom is -0.392 e. The Kier molecular flexibility index (Phi) is 2.73. The molecule has 0 aromatic rings. The standard InChI is InChI=1S/C3H7ClO3S/c1-3(5)2-8(4,6)7/h3,5H,2H2,1H3/t3-/m1/s1. The average molecular weight is 159 g/mol. The molecule has 0 aromatic carbocycles. The number of aliphatic hydroxyl groups is 1. The summed E-state index contributed by atoms with van der Waals surface area (Å²) in [6, 6.07) is 0. The molecule has 0 heterocycles. The zero-order chi connectivity index (χ0) is 6.78. The number of rotatable bonds is 2. The van der Waals surface area contributed by atoms with Crippen LogP contribution in [0.4, 0.5) is 0 Å². The van der Waals surface area contributed by atoms with Crippen molar-refractivity contribution >= 4 is 19.7 Å². The lowest BCUT2D eigenvalue weighted by Crippen LogP contribution is -2.12. The molecule has 0 aliphatic carbocycles. The van der Waals surface area contributed by atoms with Crippen LogP contribution in [-0.4, -0.2) is 25.4 Å². The van der Waals surface area contributed by atoms with Crippen molar-refractivity contribution in [1.82, 2.24) is 0 Å². The molecule has 0 aromatic heterocycles. The van der Waals surface area contributed by atoms with Gasteiger partial charge in [-0.15, -0.1) is 0 Å². The minimum absolute atomic E-state index is 0.380. The van der Waals surface area contributed by atoms with Crippen LogP contribution < -0.4 is 0 Å². The molecule has 0 unspecified atom stereocenters. The topological polar surface area (TPSA) is 54.4 Å². The fourth-order valence-corrected chi connectivity index (χ4v) is 1.41. The van der Waals surface area contributed by atoms with Crippen molar-refractivity contribution in [3.05, 3.63) is 0 Å². The maximum atomic E-state index is 10.0. The van der Waals surface area contributed by atoms with E-state index in [0.717, 1.165) is 0 Å². The fraction of sp³-hybridized carbons (Fsp3) is 1.00. The fourth-order valence-electron chi connectivity index (χ4n) is 0.288. The van der Waals surface area contributed by atoms with E-state index in [1.54, 1.807) is 0 Å². The molecule has 0 saturated heterocycles. The van der Waals surface area contributed by atoms with Gasteiger partial charge in [-0.2, -0.15) is 0 Å². The van der Waals surface area contributed by atoms with E-state index in [1.807, 2.05) is 0 Å². The lowest BCUT2D eigenvalue weighted by atomic mass is 10.5. The number of aliphatic hydroxyl groups excluding tert-OH is 1. The van der Waals surface area contributed by atoms with Crippen molar-refractivity contribution in [2.24, 2.45) is 0 Å². The van der Waals surface area contributed by atoms with E-state index in [4.69, 9.17) is 15.8 Å². The van der Waals surface area contributed by atoms with Gasteiger partial charge in [0.25, 0.3) is 0 Å². The molecule has 1 N–H and O–H groups in total. The van der Waals surface area contributed by atoms with E-state index < -0.39 is 15.2 Å². The zero-order valence-corrected chi connectivity index (χ0v) is 5.91. The lowest BCUT2D eigenvalue weighted by Gasteiger charge is -1.96. The Hall–Kier alpha value is 0.200.